The molecule has 6 nitrogen and oxygen atoms in total. The summed E-state index contributed by atoms with van der Waals surface area (Å²) in [5.41, 5.74) is 1.79. The summed E-state index contributed by atoms with van der Waals surface area (Å²) in [6, 6.07) is 19.7. The Morgan fingerprint density at radius 3 is 2.35 bits per heavy atom. The van der Waals surface area contributed by atoms with Gasteiger partial charge in [0.05, 0.1) is 5.56 Å². The van der Waals surface area contributed by atoms with Gasteiger partial charge in [0, 0.05) is 45.8 Å². The van der Waals surface area contributed by atoms with E-state index < -0.39 is 6.10 Å². The predicted octanol–water partition coefficient (Wildman–Crippen LogP) is 2.90. The maximum atomic E-state index is 12.7. The number of nitrogens with one attached hydrogen (secondary N) is 1. The lowest BCUT2D eigenvalue weighted by molar-refractivity contribution is -0.129. The topological polar surface area (TPSA) is 68.6 Å². The van der Waals surface area contributed by atoms with Crippen LogP contribution < -0.4 is 10.1 Å². The van der Waals surface area contributed by atoms with Gasteiger partial charge in [0.1, 0.15) is 11.8 Å². The van der Waals surface area contributed by atoms with Crippen LogP contribution in [0.1, 0.15) is 25.0 Å². The summed E-state index contributed by atoms with van der Waals surface area (Å²) in [5, 5.41) is 12.3. The summed E-state index contributed by atoms with van der Waals surface area (Å²) >= 11 is 0. The Hall–Kier alpha value is -2.88. The molecule has 3 rings (SSSR count). The van der Waals surface area contributed by atoms with Crippen LogP contribution in [0.3, 0.4) is 0 Å². The number of hydrogen-bond donors (Lipinski definition) is 1. The van der Waals surface area contributed by atoms with Gasteiger partial charge in [-0.15, -0.1) is 0 Å². The number of para-hydroxylation sites is 1. The van der Waals surface area contributed by atoms with E-state index in [1.54, 1.807) is 18.2 Å². The van der Waals surface area contributed by atoms with Crippen LogP contribution in [0.15, 0.2) is 54.6 Å². The number of benzene rings is 2. The molecule has 1 heterocycles. The predicted molar refractivity (Wildman–Crippen MR) is 122 cm³/mol. The highest BCUT2D eigenvalue weighted by Gasteiger charge is 2.25. The van der Waals surface area contributed by atoms with Gasteiger partial charge in [-0.1, -0.05) is 56.3 Å². The van der Waals surface area contributed by atoms with E-state index in [0.717, 1.165) is 39.3 Å². The zero-order valence-electron chi connectivity index (χ0n) is 18.5. The second-order valence-electron chi connectivity index (χ2n) is 8.28. The van der Waals surface area contributed by atoms with Crippen molar-refractivity contribution >= 4 is 5.91 Å². The Kier molecular flexibility index (Phi) is 8.45. The highest BCUT2D eigenvalue weighted by Crippen LogP contribution is 2.20. The molecule has 2 aromatic carbocycles. The van der Waals surface area contributed by atoms with Crippen molar-refractivity contribution in [1.82, 2.24) is 15.1 Å². The molecule has 1 unspecified atom stereocenters. The van der Waals surface area contributed by atoms with Gasteiger partial charge in [-0.25, -0.2) is 0 Å². The monoisotopic (exact) mass is 420 g/mol. The summed E-state index contributed by atoms with van der Waals surface area (Å²) in [7, 11) is 0. The van der Waals surface area contributed by atoms with Crippen molar-refractivity contribution < 1.29 is 9.53 Å². The van der Waals surface area contributed by atoms with Crippen molar-refractivity contribution in [3.05, 3.63) is 65.7 Å². The molecule has 31 heavy (non-hydrogen) atoms. The zero-order valence-corrected chi connectivity index (χ0v) is 18.5. The van der Waals surface area contributed by atoms with Gasteiger partial charge in [-0.05, 0) is 23.6 Å². The minimum atomic E-state index is -0.628. The third-order valence-electron chi connectivity index (χ3n) is 5.57. The van der Waals surface area contributed by atoms with E-state index in [4.69, 9.17) is 4.74 Å². The first-order valence-corrected chi connectivity index (χ1v) is 11.0. The van der Waals surface area contributed by atoms with Gasteiger partial charge in [0.2, 0.25) is 0 Å². The second kappa shape index (κ2) is 11.5. The molecule has 1 amide bonds. The van der Waals surface area contributed by atoms with Gasteiger partial charge in [0.15, 0.2) is 6.10 Å². The number of nitrogens with zero attached hydrogens (tertiary/aromatic N) is 3. The fraction of sp³-hybridized carbons (Fsp3) is 0.440. The fourth-order valence-corrected chi connectivity index (χ4v) is 3.74. The number of ether oxygens (including phenoxy) is 1. The molecule has 0 aliphatic carbocycles. The fourth-order valence-electron chi connectivity index (χ4n) is 3.74. The number of carbonyl (C=O) groups is 1. The molecule has 1 aliphatic heterocycles. The van der Waals surface area contributed by atoms with Crippen molar-refractivity contribution in [2.24, 2.45) is 5.92 Å². The van der Waals surface area contributed by atoms with Gasteiger partial charge in [-0.2, -0.15) is 5.26 Å². The summed E-state index contributed by atoms with van der Waals surface area (Å²) in [6.07, 6.45) is -0.628. The number of amides is 1. The van der Waals surface area contributed by atoms with Crippen molar-refractivity contribution in [3.8, 4) is 11.8 Å². The Balaban J connectivity index is 1.42. The van der Waals surface area contributed by atoms with Crippen LogP contribution in [-0.2, 0) is 11.3 Å². The summed E-state index contributed by atoms with van der Waals surface area (Å²) in [6.45, 7) is 10.4. The molecule has 6 heteroatoms. The lowest BCUT2D eigenvalue weighted by Gasteiger charge is -2.34. The molecule has 0 radical (unpaired) electrons. The van der Waals surface area contributed by atoms with Crippen molar-refractivity contribution in [1.29, 1.82) is 5.26 Å². The van der Waals surface area contributed by atoms with Crippen LogP contribution in [0, 0.1) is 17.2 Å². The molecule has 0 saturated carbocycles. The molecule has 1 atom stereocenters. The van der Waals surface area contributed by atoms with Gasteiger partial charge >= 0.3 is 0 Å². The number of nitriles is 1. The summed E-state index contributed by atoms with van der Waals surface area (Å²) in [5.74, 6) is 0.312. The third-order valence-corrected chi connectivity index (χ3v) is 5.57. The number of rotatable bonds is 9. The Bertz CT molecular complexity index is 871. The maximum Gasteiger partial charge on any atom is 0.261 e. The van der Waals surface area contributed by atoms with Crippen molar-refractivity contribution in [2.45, 2.75) is 26.5 Å². The van der Waals surface area contributed by atoms with Crippen LogP contribution in [0.25, 0.3) is 0 Å². The van der Waals surface area contributed by atoms with E-state index in [1.165, 1.54) is 5.56 Å². The highest BCUT2D eigenvalue weighted by atomic mass is 16.5. The first-order valence-electron chi connectivity index (χ1n) is 11.0. The summed E-state index contributed by atoms with van der Waals surface area (Å²) in [4.78, 5) is 17.6. The van der Waals surface area contributed by atoms with E-state index in [2.05, 4.69) is 45.5 Å². The molecule has 1 N–H and O–H groups in total. The number of carbonyl (C=O) groups excluding carboxylic acids is 1. The van der Waals surface area contributed by atoms with Gasteiger partial charge < -0.3 is 10.1 Å². The van der Waals surface area contributed by atoms with E-state index >= 15 is 0 Å². The quantitative estimate of drug-likeness (QED) is 0.676. The SMILES string of the molecule is CC(C)C(Oc1ccccc1C#N)C(=O)NCCN1CCN(Cc2ccccc2)CC1. The first kappa shape index (κ1) is 22.8. The third kappa shape index (κ3) is 6.81. The summed E-state index contributed by atoms with van der Waals surface area (Å²) < 4.78 is 5.92. The lowest BCUT2D eigenvalue weighted by Crippen LogP contribution is -2.49. The van der Waals surface area contributed by atoms with E-state index in [1.807, 2.05) is 26.0 Å². The minimum absolute atomic E-state index is 0.00622. The molecule has 1 fully saturated rings. The standard InChI is InChI=1S/C25H32N4O2/c1-20(2)24(31-23-11-7-6-10-22(23)18-26)25(30)27-12-13-28-14-16-29(17-15-28)19-21-8-4-3-5-9-21/h3-11,20,24H,12-17,19H2,1-2H3,(H,27,30). The second-order valence-corrected chi connectivity index (χ2v) is 8.28. The van der Waals surface area contributed by atoms with E-state index in [0.29, 0.717) is 17.9 Å². The average Bonchev–Trinajstić information content (AvgIpc) is 2.79. The Labute approximate surface area is 185 Å². The number of piperazine rings is 1. The van der Waals surface area contributed by atoms with E-state index in [9.17, 15) is 10.1 Å². The lowest BCUT2D eigenvalue weighted by atomic mass is 10.1. The van der Waals surface area contributed by atoms with Crippen LogP contribution in [0.4, 0.5) is 0 Å². The normalized spacial score (nSPS) is 15.9. The minimum Gasteiger partial charge on any atom is -0.479 e. The van der Waals surface area contributed by atoms with E-state index in [-0.39, 0.29) is 11.8 Å². The molecule has 1 saturated heterocycles. The number of hydrogen-bond acceptors (Lipinski definition) is 5. The van der Waals surface area contributed by atoms with Gasteiger partial charge in [-0.3, -0.25) is 14.6 Å². The highest BCUT2D eigenvalue weighted by molar-refractivity contribution is 5.81. The van der Waals surface area contributed by atoms with Gasteiger partial charge in [0.25, 0.3) is 5.91 Å². The molecule has 1 aliphatic rings. The Morgan fingerprint density at radius 1 is 1.03 bits per heavy atom. The Morgan fingerprint density at radius 2 is 1.68 bits per heavy atom. The average molecular weight is 421 g/mol. The van der Waals surface area contributed by atoms with Crippen molar-refractivity contribution in [3.63, 3.8) is 0 Å². The molecule has 2 aromatic rings. The first-order chi connectivity index (χ1) is 15.1. The molecule has 0 bridgehead atoms. The molecular formula is C25H32N4O2. The molecular weight excluding hydrogens is 388 g/mol. The maximum absolute atomic E-state index is 12.7. The van der Waals surface area contributed by atoms with Crippen LogP contribution in [0.2, 0.25) is 0 Å². The largest absolute Gasteiger partial charge is 0.479 e. The molecule has 0 spiro atoms. The zero-order chi connectivity index (χ0) is 22.1. The molecule has 0 aromatic heterocycles. The molecule has 164 valence electrons. The van der Waals surface area contributed by atoms with Crippen LogP contribution >= 0.6 is 0 Å². The smallest absolute Gasteiger partial charge is 0.261 e. The van der Waals surface area contributed by atoms with Crippen molar-refractivity contribution in [2.75, 3.05) is 39.3 Å². The van der Waals surface area contributed by atoms with Crippen LogP contribution in [0.5, 0.6) is 5.75 Å². The van der Waals surface area contributed by atoms with Crippen LogP contribution in [-0.4, -0.2) is 61.1 Å².